The standard InChI is InChI=1S/C25H23N3O4/c1-3-18-7-11-21(12-8-18)27-23(29)24(30)28-26-16-19-9-13-22(14-10-19)32-25(31)20-6-4-5-17(2)15-20/h4-16H,3H2,1-2H3,(H,27,29)(H,28,30)/b26-16-. The number of carbonyl (C=O) groups excluding carboxylic acids is 3. The van der Waals surface area contributed by atoms with Gasteiger partial charge in [0.1, 0.15) is 5.75 Å². The lowest BCUT2D eigenvalue weighted by Gasteiger charge is -2.05. The average molecular weight is 429 g/mol. The first-order valence-electron chi connectivity index (χ1n) is 10.1. The van der Waals surface area contributed by atoms with Crippen molar-refractivity contribution in [3.63, 3.8) is 0 Å². The molecule has 0 atom stereocenters. The SMILES string of the molecule is CCc1ccc(NC(=O)C(=O)N/N=C\c2ccc(OC(=O)c3cccc(C)c3)cc2)cc1. The zero-order chi connectivity index (χ0) is 22.9. The molecule has 0 fully saturated rings. The van der Waals surface area contributed by atoms with Crippen LogP contribution in [0.1, 0.15) is 34.0 Å². The molecule has 7 nitrogen and oxygen atoms in total. The number of amides is 2. The summed E-state index contributed by atoms with van der Waals surface area (Å²) in [5.74, 6) is -1.77. The van der Waals surface area contributed by atoms with Crippen LogP contribution < -0.4 is 15.5 Å². The van der Waals surface area contributed by atoms with E-state index in [9.17, 15) is 14.4 Å². The van der Waals surface area contributed by atoms with Crippen LogP contribution in [0, 0.1) is 6.92 Å². The Balaban J connectivity index is 1.50. The van der Waals surface area contributed by atoms with E-state index in [-0.39, 0.29) is 0 Å². The Morgan fingerprint density at radius 3 is 2.31 bits per heavy atom. The highest BCUT2D eigenvalue weighted by atomic mass is 16.5. The zero-order valence-corrected chi connectivity index (χ0v) is 17.8. The summed E-state index contributed by atoms with van der Waals surface area (Å²) in [6, 6.07) is 20.9. The van der Waals surface area contributed by atoms with Crippen LogP contribution >= 0.6 is 0 Å². The summed E-state index contributed by atoms with van der Waals surface area (Å²) in [5, 5.41) is 6.30. The van der Waals surface area contributed by atoms with Crippen molar-refractivity contribution in [1.29, 1.82) is 0 Å². The molecule has 3 aromatic rings. The van der Waals surface area contributed by atoms with Crippen LogP contribution in [0.3, 0.4) is 0 Å². The van der Waals surface area contributed by atoms with Crippen molar-refractivity contribution in [1.82, 2.24) is 5.43 Å². The number of carbonyl (C=O) groups is 3. The second kappa shape index (κ2) is 10.7. The summed E-state index contributed by atoms with van der Waals surface area (Å²) < 4.78 is 5.35. The minimum Gasteiger partial charge on any atom is -0.423 e. The number of hydrogen-bond acceptors (Lipinski definition) is 5. The van der Waals surface area contributed by atoms with Gasteiger partial charge in [-0.25, -0.2) is 10.2 Å². The summed E-state index contributed by atoms with van der Waals surface area (Å²) in [5.41, 5.74) is 5.93. The van der Waals surface area contributed by atoms with E-state index in [0.717, 1.165) is 17.5 Å². The van der Waals surface area contributed by atoms with Gasteiger partial charge in [-0.3, -0.25) is 9.59 Å². The Morgan fingerprint density at radius 1 is 0.938 bits per heavy atom. The maximum Gasteiger partial charge on any atom is 0.343 e. The van der Waals surface area contributed by atoms with Gasteiger partial charge in [-0.2, -0.15) is 5.10 Å². The van der Waals surface area contributed by atoms with Crippen LogP contribution in [0.2, 0.25) is 0 Å². The maximum atomic E-state index is 12.2. The minimum absolute atomic E-state index is 0.381. The quantitative estimate of drug-likeness (QED) is 0.204. The number of aryl methyl sites for hydroxylation is 2. The second-order valence-corrected chi connectivity index (χ2v) is 7.03. The predicted molar refractivity (Wildman–Crippen MR) is 123 cm³/mol. The highest BCUT2D eigenvalue weighted by molar-refractivity contribution is 6.39. The van der Waals surface area contributed by atoms with Crippen LogP contribution in [0.4, 0.5) is 5.69 Å². The third-order valence-corrected chi connectivity index (χ3v) is 4.55. The number of anilines is 1. The van der Waals surface area contributed by atoms with Crippen molar-refractivity contribution in [3.05, 3.63) is 95.1 Å². The zero-order valence-electron chi connectivity index (χ0n) is 17.8. The summed E-state index contributed by atoms with van der Waals surface area (Å²) >= 11 is 0. The van der Waals surface area contributed by atoms with E-state index in [1.165, 1.54) is 6.21 Å². The van der Waals surface area contributed by atoms with E-state index in [0.29, 0.717) is 22.6 Å². The molecule has 162 valence electrons. The molecule has 0 saturated heterocycles. The number of hydrazone groups is 1. The fourth-order valence-corrected chi connectivity index (χ4v) is 2.79. The first-order valence-corrected chi connectivity index (χ1v) is 10.1. The van der Waals surface area contributed by atoms with Gasteiger partial charge < -0.3 is 10.1 Å². The first kappa shape index (κ1) is 22.4. The minimum atomic E-state index is -0.885. The van der Waals surface area contributed by atoms with E-state index in [1.807, 2.05) is 32.0 Å². The van der Waals surface area contributed by atoms with Gasteiger partial charge >= 0.3 is 17.8 Å². The normalized spacial score (nSPS) is 10.6. The fourth-order valence-electron chi connectivity index (χ4n) is 2.79. The summed E-state index contributed by atoms with van der Waals surface area (Å²) in [7, 11) is 0. The highest BCUT2D eigenvalue weighted by Crippen LogP contribution is 2.14. The van der Waals surface area contributed by atoms with Gasteiger partial charge in [-0.05, 0) is 73.0 Å². The fraction of sp³-hybridized carbons (Fsp3) is 0.120. The molecule has 3 rings (SSSR count). The second-order valence-electron chi connectivity index (χ2n) is 7.03. The van der Waals surface area contributed by atoms with E-state index in [4.69, 9.17) is 4.74 Å². The molecule has 0 heterocycles. The molecule has 2 N–H and O–H groups in total. The molecular weight excluding hydrogens is 406 g/mol. The van der Waals surface area contributed by atoms with Crippen molar-refractivity contribution in [3.8, 4) is 5.75 Å². The van der Waals surface area contributed by atoms with Gasteiger partial charge in [0.15, 0.2) is 0 Å². The molecule has 0 saturated carbocycles. The summed E-state index contributed by atoms with van der Waals surface area (Å²) in [4.78, 5) is 36.0. The molecule has 3 aromatic carbocycles. The lowest BCUT2D eigenvalue weighted by atomic mass is 10.1. The summed E-state index contributed by atoms with van der Waals surface area (Å²) in [6.07, 6.45) is 2.27. The molecule has 0 bridgehead atoms. The molecular formula is C25H23N3O4. The number of nitrogens with zero attached hydrogens (tertiary/aromatic N) is 1. The van der Waals surface area contributed by atoms with Gasteiger partial charge in [-0.1, -0.05) is 36.8 Å². The smallest absolute Gasteiger partial charge is 0.343 e. The average Bonchev–Trinajstić information content (AvgIpc) is 2.80. The molecule has 2 amide bonds. The molecule has 0 spiro atoms. The molecule has 0 aliphatic heterocycles. The van der Waals surface area contributed by atoms with Crippen LogP contribution in [-0.2, 0) is 16.0 Å². The number of hydrogen-bond donors (Lipinski definition) is 2. The van der Waals surface area contributed by atoms with Crippen LogP contribution in [0.25, 0.3) is 0 Å². The van der Waals surface area contributed by atoms with E-state index in [2.05, 4.69) is 15.8 Å². The number of esters is 1. The van der Waals surface area contributed by atoms with Gasteiger partial charge in [0.2, 0.25) is 0 Å². The Labute approximate surface area is 186 Å². The largest absolute Gasteiger partial charge is 0.423 e. The highest BCUT2D eigenvalue weighted by Gasteiger charge is 2.13. The predicted octanol–water partition coefficient (Wildman–Crippen LogP) is 3.87. The Bertz CT molecular complexity index is 1140. The maximum absolute atomic E-state index is 12.2. The molecule has 0 unspecified atom stereocenters. The van der Waals surface area contributed by atoms with Crippen LogP contribution in [0.5, 0.6) is 5.75 Å². The third kappa shape index (κ3) is 6.37. The van der Waals surface area contributed by atoms with Crippen LogP contribution in [-0.4, -0.2) is 24.0 Å². The van der Waals surface area contributed by atoms with E-state index >= 15 is 0 Å². The number of rotatable bonds is 6. The lowest BCUT2D eigenvalue weighted by Crippen LogP contribution is -2.32. The first-order chi connectivity index (χ1) is 15.4. The molecule has 0 aromatic heterocycles. The molecule has 7 heteroatoms. The molecule has 0 aliphatic carbocycles. The monoisotopic (exact) mass is 429 g/mol. The Hall–Kier alpha value is -4.26. The van der Waals surface area contributed by atoms with E-state index < -0.39 is 17.8 Å². The molecule has 0 aliphatic rings. The van der Waals surface area contributed by atoms with Gasteiger partial charge in [0.05, 0.1) is 11.8 Å². The van der Waals surface area contributed by atoms with Gasteiger partial charge in [0.25, 0.3) is 0 Å². The summed E-state index contributed by atoms with van der Waals surface area (Å²) in [6.45, 7) is 3.93. The van der Waals surface area contributed by atoms with Gasteiger partial charge in [0, 0.05) is 5.69 Å². The van der Waals surface area contributed by atoms with E-state index in [1.54, 1.807) is 54.6 Å². The van der Waals surface area contributed by atoms with Crippen molar-refractivity contribution in [2.24, 2.45) is 5.10 Å². The Kier molecular flexibility index (Phi) is 7.48. The van der Waals surface area contributed by atoms with Crippen LogP contribution in [0.15, 0.2) is 77.9 Å². The number of ether oxygens (including phenoxy) is 1. The lowest BCUT2D eigenvalue weighted by molar-refractivity contribution is -0.136. The van der Waals surface area contributed by atoms with Crippen molar-refractivity contribution >= 4 is 29.7 Å². The number of benzene rings is 3. The van der Waals surface area contributed by atoms with Crippen molar-refractivity contribution < 1.29 is 19.1 Å². The topological polar surface area (TPSA) is 96.9 Å². The van der Waals surface area contributed by atoms with Gasteiger partial charge in [-0.15, -0.1) is 0 Å². The van der Waals surface area contributed by atoms with Crippen molar-refractivity contribution in [2.45, 2.75) is 20.3 Å². The molecule has 0 radical (unpaired) electrons. The number of nitrogens with one attached hydrogen (secondary N) is 2. The molecule has 32 heavy (non-hydrogen) atoms. The third-order valence-electron chi connectivity index (χ3n) is 4.55. The van der Waals surface area contributed by atoms with Crippen molar-refractivity contribution in [2.75, 3.05) is 5.32 Å². The Morgan fingerprint density at radius 2 is 1.66 bits per heavy atom.